The predicted molar refractivity (Wildman–Crippen MR) is 210 cm³/mol. The summed E-state index contributed by atoms with van der Waals surface area (Å²) in [6.07, 6.45) is -54.8. The normalized spacial score (nSPS) is 13.5. The van der Waals surface area contributed by atoms with E-state index in [-0.39, 0.29) is 5.92 Å². The molecule has 0 fully saturated rings. The van der Waals surface area contributed by atoms with Crippen LogP contribution in [-0.2, 0) is 49.4 Å². The molecular weight excluding hydrogens is 1020 g/mol. The minimum absolute atomic E-state index is 0.234. The summed E-state index contributed by atoms with van der Waals surface area (Å²) in [6, 6.07) is 11.9. The average molecular weight is 1040 g/mol. The van der Waals surface area contributed by atoms with Crippen molar-refractivity contribution >= 4 is 28.0 Å². The van der Waals surface area contributed by atoms with Crippen molar-refractivity contribution in [1.82, 2.24) is 0 Å². The minimum atomic E-state index is -6.13. The summed E-state index contributed by atoms with van der Waals surface area (Å²) >= 11 is 0. The molecule has 6 aromatic rings. The Labute approximate surface area is 384 Å². The summed E-state index contributed by atoms with van der Waals surface area (Å²) in [7, 11) is 0. The number of alkyl halides is 24. The standard InChI is InChI=1S/C32H12BF24.C14H13/c34-25(35,36)13-1-14(26(37,38)39)6-21(5-13)33(22-7-15(27(40,41)42)2-16(8-22)28(43,44)45,23-9-17(29(46,47)48)3-18(10-23)30(49,50)51)24-11-19(31(52,53)54)4-20(12-24)32(55,56)57;1-12(13-8-4-2-5-9-13)14-10-6-3-7-11-14/h1-12H;2-12H,1H2/q-1;+1. The summed E-state index contributed by atoms with van der Waals surface area (Å²) in [5, 5.41) is 0. The molecule has 25 heteroatoms. The second-order valence-electron chi connectivity index (χ2n) is 15.6. The number of halogens is 24. The lowest BCUT2D eigenvalue weighted by Gasteiger charge is -2.46. The molecule has 0 bridgehead atoms. The Kier molecular flexibility index (Phi) is 14.8. The molecule has 6 aromatic carbocycles. The first-order valence-corrected chi connectivity index (χ1v) is 19.4. The van der Waals surface area contributed by atoms with Crippen LogP contribution in [0, 0.1) is 6.92 Å². The Bertz CT molecular complexity index is 2330. The van der Waals surface area contributed by atoms with Crippen molar-refractivity contribution in [3.8, 4) is 0 Å². The van der Waals surface area contributed by atoms with E-state index in [1.165, 1.54) is 11.1 Å². The highest BCUT2D eigenvalue weighted by atomic mass is 19.4. The van der Waals surface area contributed by atoms with E-state index in [9.17, 15) is 105 Å². The fraction of sp³-hybridized carbons (Fsp3) is 0.196. The number of rotatable bonds is 6. The summed E-state index contributed by atoms with van der Waals surface area (Å²) < 4.78 is 341. The fourth-order valence-corrected chi connectivity index (χ4v) is 7.63. The van der Waals surface area contributed by atoms with Gasteiger partial charge in [-0.15, -0.1) is 0 Å². The summed E-state index contributed by atoms with van der Waals surface area (Å²) in [4.78, 5) is 0. The van der Waals surface area contributed by atoms with Crippen LogP contribution in [0.25, 0.3) is 0 Å². The van der Waals surface area contributed by atoms with Gasteiger partial charge >= 0.3 is 49.4 Å². The van der Waals surface area contributed by atoms with E-state index in [0.29, 0.717) is 0 Å². The molecule has 0 heterocycles. The maximum Gasteiger partial charge on any atom is 0.416 e. The van der Waals surface area contributed by atoms with Crippen LogP contribution < -0.4 is 21.9 Å². The van der Waals surface area contributed by atoms with E-state index in [4.69, 9.17) is 0 Å². The van der Waals surface area contributed by atoms with Gasteiger partial charge in [-0.25, -0.2) is 0 Å². The molecule has 0 aliphatic carbocycles. The Balaban J connectivity index is 0.000000569. The molecule has 0 radical (unpaired) electrons. The third kappa shape index (κ3) is 12.7. The zero-order valence-electron chi connectivity index (χ0n) is 34.6. The van der Waals surface area contributed by atoms with Gasteiger partial charge in [0.05, 0.1) is 51.4 Å². The van der Waals surface area contributed by atoms with Crippen LogP contribution >= 0.6 is 0 Å². The van der Waals surface area contributed by atoms with E-state index in [2.05, 4.69) is 55.5 Å². The highest BCUT2D eigenvalue weighted by Gasteiger charge is 2.47. The molecule has 0 nitrogen and oxygen atoms in total. The summed E-state index contributed by atoms with van der Waals surface area (Å²) in [5.74, 6) is 0.234. The van der Waals surface area contributed by atoms with Crippen molar-refractivity contribution in [3.05, 3.63) is 196 Å². The first kappa shape index (κ1) is 55.5. The highest BCUT2D eigenvalue weighted by Crippen LogP contribution is 2.41. The molecule has 0 aromatic heterocycles. The van der Waals surface area contributed by atoms with Crippen molar-refractivity contribution in [2.24, 2.45) is 0 Å². The van der Waals surface area contributed by atoms with E-state index in [1.807, 2.05) is 12.1 Å². The molecule has 0 atom stereocenters. The van der Waals surface area contributed by atoms with Crippen LogP contribution in [0.2, 0.25) is 0 Å². The van der Waals surface area contributed by atoms with Crippen molar-refractivity contribution in [2.45, 2.75) is 55.3 Å². The van der Waals surface area contributed by atoms with Gasteiger partial charge in [-0.2, -0.15) is 127 Å². The molecule has 0 amide bonds. The Morgan fingerprint density at radius 2 is 0.408 bits per heavy atom. The van der Waals surface area contributed by atoms with Crippen LogP contribution in [0.4, 0.5) is 105 Å². The topological polar surface area (TPSA) is 0 Å². The quantitative estimate of drug-likeness (QED) is 0.0886. The highest BCUT2D eigenvalue weighted by molar-refractivity contribution is 7.20. The maximum atomic E-state index is 14.2. The molecule has 0 N–H and O–H groups in total. The summed E-state index contributed by atoms with van der Waals surface area (Å²) in [6.45, 7) is 4.18. The van der Waals surface area contributed by atoms with Crippen LogP contribution in [0.5, 0.6) is 0 Å². The van der Waals surface area contributed by atoms with Crippen molar-refractivity contribution < 1.29 is 105 Å². The van der Waals surface area contributed by atoms with Crippen molar-refractivity contribution in [3.63, 3.8) is 0 Å². The second-order valence-corrected chi connectivity index (χ2v) is 15.6. The average Bonchev–Trinajstić information content (AvgIpc) is 3.24. The van der Waals surface area contributed by atoms with Crippen molar-refractivity contribution in [1.29, 1.82) is 0 Å². The SMILES string of the molecule is FC(F)(F)c1cc([B-](c2cc(C(F)(F)F)cc(C(F)(F)F)c2)(c2cc(C(F)(F)F)cc(C(F)(F)F)c2)c2cc(C(F)(F)F)cc(C(F)(F)F)c2)cc(C(F)(F)F)c1.[CH2+]C(c1ccccc1)c1ccccc1. The predicted octanol–water partition coefficient (Wildman–Crippen LogP) is 14.9. The molecule has 6 rings (SSSR count). The van der Waals surface area contributed by atoms with E-state index in [0.717, 1.165) is 0 Å². The second kappa shape index (κ2) is 19.0. The maximum absolute atomic E-state index is 14.2. The zero-order chi connectivity index (χ0) is 53.7. The van der Waals surface area contributed by atoms with Gasteiger partial charge in [0, 0.05) is 11.1 Å². The monoisotopic (exact) mass is 1040 g/mol. The van der Waals surface area contributed by atoms with Gasteiger partial charge in [0.2, 0.25) is 0 Å². The Hall–Kier alpha value is -6.43. The number of benzene rings is 6. The Morgan fingerprint density at radius 1 is 0.254 bits per heavy atom. The van der Waals surface area contributed by atoms with Crippen LogP contribution in [0.3, 0.4) is 0 Å². The van der Waals surface area contributed by atoms with Crippen LogP contribution in [0.1, 0.15) is 61.6 Å². The van der Waals surface area contributed by atoms with Gasteiger partial charge < -0.3 is 0 Å². The lowest BCUT2D eigenvalue weighted by molar-refractivity contribution is -0.144. The number of hydrogen-bond acceptors (Lipinski definition) is 0. The third-order valence-corrected chi connectivity index (χ3v) is 10.8. The molecule has 0 spiro atoms. The summed E-state index contributed by atoms with van der Waals surface area (Å²) in [5.41, 5.74) is -27.7. The number of hydrogen-bond donors (Lipinski definition) is 0. The van der Waals surface area contributed by atoms with Gasteiger partial charge in [0.1, 0.15) is 12.1 Å². The lowest BCUT2D eigenvalue weighted by atomic mass is 9.12. The smallest absolute Gasteiger partial charge is 0.194 e. The molecule has 0 saturated carbocycles. The van der Waals surface area contributed by atoms with Gasteiger partial charge in [0.25, 0.3) is 0 Å². The van der Waals surface area contributed by atoms with Crippen LogP contribution in [0.15, 0.2) is 133 Å². The molecule has 380 valence electrons. The molecule has 0 aliphatic rings. The van der Waals surface area contributed by atoms with Gasteiger partial charge in [-0.05, 0) is 24.3 Å². The molecule has 0 unspecified atom stereocenters. The van der Waals surface area contributed by atoms with E-state index < -0.39 is 195 Å². The molecular formula is C46H25BF24. The van der Waals surface area contributed by atoms with Gasteiger partial charge in [0.15, 0.2) is 0 Å². The minimum Gasteiger partial charge on any atom is -0.194 e. The zero-order valence-corrected chi connectivity index (χ0v) is 34.6. The van der Waals surface area contributed by atoms with Gasteiger partial charge in [-0.1, -0.05) is 109 Å². The molecule has 0 saturated heterocycles. The Morgan fingerprint density at radius 3 is 0.549 bits per heavy atom. The molecule has 71 heavy (non-hydrogen) atoms. The largest absolute Gasteiger partial charge is 0.416 e. The molecule has 0 aliphatic heterocycles. The van der Waals surface area contributed by atoms with E-state index in [1.54, 1.807) is 0 Å². The first-order valence-electron chi connectivity index (χ1n) is 19.4. The van der Waals surface area contributed by atoms with Crippen molar-refractivity contribution in [2.75, 3.05) is 0 Å². The van der Waals surface area contributed by atoms with Crippen LogP contribution in [-0.4, -0.2) is 6.15 Å². The van der Waals surface area contributed by atoms with Gasteiger partial charge in [-0.3, -0.25) is 0 Å². The fourth-order valence-electron chi connectivity index (χ4n) is 7.63. The van der Waals surface area contributed by atoms with E-state index >= 15 is 0 Å². The lowest BCUT2D eigenvalue weighted by Crippen LogP contribution is -2.75. The third-order valence-electron chi connectivity index (χ3n) is 10.8. The first-order chi connectivity index (χ1) is 32.1.